The Morgan fingerprint density at radius 3 is 2.48 bits per heavy atom. The van der Waals surface area contributed by atoms with Crippen molar-refractivity contribution in [1.29, 1.82) is 0 Å². The summed E-state index contributed by atoms with van der Waals surface area (Å²) in [4.78, 5) is 4.50. The number of methoxy groups -OCH3 is 2. The average Bonchev–Trinajstić information content (AvgIpc) is 3.23. The van der Waals surface area contributed by atoms with Gasteiger partial charge < -0.3 is 14.8 Å². The predicted molar refractivity (Wildman–Crippen MR) is 119 cm³/mol. The molecule has 4 aromatic rings. The van der Waals surface area contributed by atoms with Crippen LogP contribution in [0.4, 0.5) is 10.8 Å². The Hall–Kier alpha value is -2.97. The third kappa shape index (κ3) is 4.23. The molecule has 0 unspecified atom stereocenters. The molecule has 0 radical (unpaired) electrons. The van der Waals surface area contributed by atoms with Crippen LogP contribution in [0.2, 0.25) is 0 Å². The van der Waals surface area contributed by atoms with Gasteiger partial charge in [-0.25, -0.2) is 0 Å². The van der Waals surface area contributed by atoms with Crippen LogP contribution in [0.5, 0.6) is 11.5 Å². The molecular formula is C21H17BrN4O2S. The second kappa shape index (κ2) is 8.59. The fourth-order valence-electron chi connectivity index (χ4n) is 2.85. The molecule has 0 atom stereocenters. The van der Waals surface area contributed by atoms with Crippen molar-refractivity contribution < 1.29 is 9.47 Å². The maximum atomic E-state index is 5.63. The van der Waals surface area contributed by atoms with E-state index in [1.54, 1.807) is 20.4 Å². The molecular weight excluding hydrogens is 452 g/mol. The van der Waals surface area contributed by atoms with E-state index in [9.17, 15) is 0 Å². The number of rotatable bonds is 6. The van der Waals surface area contributed by atoms with Crippen molar-refractivity contribution in [3.63, 3.8) is 0 Å². The first kappa shape index (κ1) is 19.4. The SMILES string of the molecule is COc1cc(OC)c(-c2ccccn2)c(-c2nnc(Nc3ccc(Br)cc3)s2)c1. The van der Waals surface area contributed by atoms with E-state index in [4.69, 9.17) is 9.47 Å². The van der Waals surface area contributed by atoms with E-state index in [2.05, 4.69) is 36.4 Å². The van der Waals surface area contributed by atoms with Gasteiger partial charge in [0.05, 0.1) is 25.5 Å². The minimum absolute atomic E-state index is 0.663. The molecule has 0 fully saturated rings. The number of nitrogens with one attached hydrogen (secondary N) is 1. The summed E-state index contributed by atoms with van der Waals surface area (Å²) in [5.41, 5.74) is 3.42. The molecule has 0 spiro atoms. The first-order valence-corrected chi connectivity index (χ1v) is 10.3. The van der Waals surface area contributed by atoms with Gasteiger partial charge in [0.15, 0.2) is 0 Å². The van der Waals surface area contributed by atoms with E-state index < -0.39 is 0 Å². The van der Waals surface area contributed by atoms with Gasteiger partial charge in [0.1, 0.15) is 16.5 Å². The average molecular weight is 469 g/mol. The number of ether oxygens (including phenoxy) is 2. The Labute approximate surface area is 180 Å². The van der Waals surface area contributed by atoms with Crippen LogP contribution in [0.1, 0.15) is 0 Å². The third-order valence-corrected chi connectivity index (χ3v) is 5.60. The molecule has 1 N–H and O–H groups in total. The zero-order valence-electron chi connectivity index (χ0n) is 15.7. The van der Waals surface area contributed by atoms with E-state index >= 15 is 0 Å². The lowest BCUT2D eigenvalue weighted by atomic mass is 10.0. The Morgan fingerprint density at radius 1 is 0.966 bits per heavy atom. The van der Waals surface area contributed by atoms with Crippen molar-refractivity contribution >= 4 is 38.1 Å². The molecule has 0 saturated heterocycles. The van der Waals surface area contributed by atoms with Crippen LogP contribution in [-0.2, 0) is 0 Å². The summed E-state index contributed by atoms with van der Waals surface area (Å²) in [6.07, 6.45) is 1.75. The topological polar surface area (TPSA) is 69.2 Å². The second-order valence-electron chi connectivity index (χ2n) is 6.01. The normalized spacial score (nSPS) is 10.6. The smallest absolute Gasteiger partial charge is 0.210 e. The van der Waals surface area contributed by atoms with Crippen molar-refractivity contribution in [1.82, 2.24) is 15.2 Å². The van der Waals surface area contributed by atoms with E-state index in [1.807, 2.05) is 54.6 Å². The first-order valence-electron chi connectivity index (χ1n) is 8.72. The van der Waals surface area contributed by atoms with E-state index in [0.717, 1.165) is 32.0 Å². The number of hydrogen-bond donors (Lipinski definition) is 1. The highest BCUT2D eigenvalue weighted by atomic mass is 79.9. The minimum Gasteiger partial charge on any atom is -0.497 e. The van der Waals surface area contributed by atoms with Crippen LogP contribution < -0.4 is 14.8 Å². The zero-order chi connectivity index (χ0) is 20.2. The van der Waals surface area contributed by atoms with Crippen LogP contribution >= 0.6 is 27.3 Å². The van der Waals surface area contributed by atoms with Crippen LogP contribution in [0.3, 0.4) is 0 Å². The summed E-state index contributed by atoms with van der Waals surface area (Å²) in [5.74, 6) is 1.34. The molecule has 0 saturated carbocycles. The van der Waals surface area contributed by atoms with Crippen molar-refractivity contribution in [2.24, 2.45) is 0 Å². The first-order chi connectivity index (χ1) is 14.2. The summed E-state index contributed by atoms with van der Waals surface area (Å²) < 4.78 is 12.1. The van der Waals surface area contributed by atoms with Gasteiger partial charge in [-0.15, -0.1) is 10.2 Å². The van der Waals surface area contributed by atoms with Crippen molar-refractivity contribution in [3.8, 4) is 33.3 Å². The summed E-state index contributed by atoms with van der Waals surface area (Å²) in [6.45, 7) is 0. The molecule has 146 valence electrons. The molecule has 0 aliphatic rings. The van der Waals surface area contributed by atoms with Gasteiger partial charge in [-0.05, 0) is 42.5 Å². The lowest BCUT2D eigenvalue weighted by Gasteiger charge is -2.14. The number of benzene rings is 2. The van der Waals surface area contributed by atoms with Gasteiger partial charge in [-0.2, -0.15) is 0 Å². The van der Waals surface area contributed by atoms with Gasteiger partial charge in [-0.1, -0.05) is 33.3 Å². The molecule has 2 aromatic carbocycles. The van der Waals surface area contributed by atoms with Gasteiger partial charge in [0.2, 0.25) is 5.13 Å². The fourth-order valence-corrected chi connectivity index (χ4v) is 3.90. The van der Waals surface area contributed by atoms with Crippen LogP contribution in [-0.4, -0.2) is 29.4 Å². The monoisotopic (exact) mass is 468 g/mol. The molecule has 8 heteroatoms. The third-order valence-electron chi connectivity index (χ3n) is 4.20. The zero-order valence-corrected chi connectivity index (χ0v) is 18.1. The van der Waals surface area contributed by atoms with E-state index in [1.165, 1.54) is 11.3 Å². The fraction of sp³-hybridized carbons (Fsp3) is 0.0952. The number of pyridine rings is 1. The van der Waals surface area contributed by atoms with E-state index in [0.29, 0.717) is 16.6 Å². The number of anilines is 2. The lowest BCUT2D eigenvalue weighted by molar-refractivity contribution is 0.395. The molecule has 2 aromatic heterocycles. The quantitative estimate of drug-likeness (QED) is 0.386. The van der Waals surface area contributed by atoms with Gasteiger partial charge >= 0.3 is 0 Å². The molecule has 6 nitrogen and oxygen atoms in total. The van der Waals surface area contributed by atoms with Gasteiger partial charge in [-0.3, -0.25) is 4.98 Å². The van der Waals surface area contributed by atoms with Gasteiger partial charge in [0.25, 0.3) is 0 Å². The molecule has 0 aliphatic carbocycles. The van der Waals surface area contributed by atoms with Crippen molar-refractivity contribution in [2.75, 3.05) is 19.5 Å². The highest BCUT2D eigenvalue weighted by Gasteiger charge is 2.20. The maximum Gasteiger partial charge on any atom is 0.210 e. The Bertz CT molecular complexity index is 1120. The number of hydrogen-bond acceptors (Lipinski definition) is 7. The molecule has 29 heavy (non-hydrogen) atoms. The second-order valence-corrected chi connectivity index (χ2v) is 7.90. The Balaban J connectivity index is 1.78. The molecule has 4 rings (SSSR count). The summed E-state index contributed by atoms with van der Waals surface area (Å²) in [6, 6.07) is 17.4. The molecule has 0 amide bonds. The number of aromatic nitrogens is 3. The minimum atomic E-state index is 0.663. The Kier molecular flexibility index (Phi) is 5.73. The lowest BCUT2D eigenvalue weighted by Crippen LogP contribution is -1.95. The largest absolute Gasteiger partial charge is 0.497 e. The number of nitrogens with zero attached hydrogens (tertiary/aromatic N) is 3. The van der Waals surface area contributed by atoms with Gasteiger partial charge in [0, 0.05) is 28.0 Å². The van der Waals surface area contributed by atoms with E-state index in [-0.39, 0.29) is 0 Å². The summed E-state index contributed by atoms with van der Waals surface area (Å²) in [5, 5.41) is 13.4. The molecule has 0 aliphatic heterocycles. The van der Waals surface area contributed by atoms with Crippen LogP contribution in [0.25, 0.3) is 21.8 Å². The molecule has 0 bridgehead atoms. The standard InChI is InChI=1S/C21H17BrN4O2S/c1-27-15-11-16(19(18(12-15)28-2)17-5-3-4-10-23-17)20-25-26-21(29-20)24-14-8-6-13(22)7-9-14/h3-12H,1-2H3,(H,24,26). The highest BCUT2D eigenvalue weighted by Crippen LogP contribution is 2.43. The van der Waals surface area contributed by atoms with Crippen LogP contribution in [0, 0.1) is 0 Å². The maximum absolute atomic E-state index is 5.63. The van der Waals surface area contributed by atoms with Crippen molar-refractivity contribution in [3.05, 3.63) is 65.3 Å². The Morgan fingerprint density at radius 2 is 1.79 bits per heavy atom. The number of halogens is 1. The summed E-state index contributed by atoms with van der Waals surface area (Å²) >= 11 is 4.89. The predicted octanol–water partition coefficient (Wildman–Crippen LogP) is 5.79. The molecule has 2 heterocycles. The highest BCUT2D eigenvalue weighted by molar-refractivity contribution is 9.10. The summed E-state index contributed by atoms with van der Waals surface area (Å²) in [7, 11) is 3.26. The van der Waals surface area contributed by atoms with Crippen LogP contribution in [0.15, 0.2) is 65.3 Å². The van der Waals surface area contributed by atoms with Crippen molar-refractivity contribution in [2.45, 2.75) is 0 Å².